The average molecular weight is 559 g/mol. The molecule has 2 aromatic rings. The van der Waals surface area contributed by atoms with E-state index in [1.54, 1.807) is 0 Å². The highest BCUT2D eigenvalue weighted by Crippen LogP contribution is 2.48. The molecule has 224 valence electrons. The number of phenolic OH excluding ortho intramolecular Hbond substituents is 2. The number of fused-ring (bicyclic) bond motifs is 2. The molecule has 0 amide bonds. The maximum atomic E-state index is 11.2. The molecule has 2 aliphatic carbocycles. The van der Waals surface area contributed by atoms with Crippen molar-refractivity contribution in [1.82, 2.24) is 0 Å². The molecule has 4 heteroatoms. The summed E-state index contributed by atoms with van der Waals surface area (Å²) in [4.78, 5) is 10.1. The van der Waals surface area contributed by atoms with Gasteiger partial charge in [0.15, 0.2) is 0 Å². The van der Waals surface area contributed by atoms with Gasteiger partial charge in [-0.25, -0.2) is 0 Å². The van der Waals surface area contributed by atoms with Gasteiger partial charge in [0, 0.05) is 34.7 Å². The van der Waals surface area contributed by atoms with Crippen molar-refractivity contribution in [3.63, 3.8) is 0 Å². The van der Waals surface area contributed by atoms with Crippen LogP contribution in [0.4, 0.5) is 0 Å². The summed E-state index contributed by atoms with van der Waals surface area (Å²) in [7, 11) is 0. The lowest BCUT2D eigenvalue weighted by molar-refractivity contribution is 0.379. The molecule has 0 aliphatic heterocycles. The van der Waals surface area contributed by atoms with E-state index >= 15 is 0 Å². The summed E-state index contributed by atoms with van der Waals surface area (Å²) in [5, 5.41) is 22.3. The lowest BCUT2D eigenvalue weighted by Crippen LogP contribution is -2.23. The molecule has 2 N–H and O–H groups in total. The van der Waals surface area contributed by atoms with Crippen molar-refractivity contribution in [2.24, 2.45) is 21.8 Å². The lowest BCUT2D eigenvalue weighted by atomic mass is 9.79. The summed E-state index contributed by atoms with van der Waals surface area (Å²) >= 11 is 0. The van der Waals surface area contributed by atoms with Crippen molar-refractivity contribution in [2.75, 3.05) is 0 Å². The number of aromatic hydroxyl groups is 2. The number of nitrogens with zero attached hydrogens (tertiary/aromatic N) is 2. The zero-order valence-electron chi connectivity index (χ0n) is 27.7. The van der Waals surface area contributed by atoms with Gasteiger partial charge in [-0.1, -0.05) is 95.2 Å². The first-order valence-electron chi connectivity index (χ1n) is 15.5. The molecule has 0 heterocycles. The van der Waals surface area contributed by atoms with Gasteiger partial charge >= 0.3 is 0 Å². The molecule has 0 aromatic heterocycles. The van der Waals surface area contributed by atoms with Crippen LogP contribution in [-0.2, 0) is 21.7 Å². The Morgan fingerprint density at radius 2 is 0.878 bits per heavy atom. The molecule has 2 saturated carbocycles. The van der Waals surface area contributed by atoms with Crippen molar-refractivity contribution in [3.05, 3.63) is 57.6 Å². The minimum absolute atomic E-state index is 0.0115. The third-order valence-corrected chi connectivity index (χ3v) is 9.22. The van der Waals surface area contributed by atoms with E-state index in [0.717, 1.165) is 41.5 Å². The van der Waals surface area contributed by atoms with Gasteiger partial charge in [-0.05, 0) is 76.0 Å². The standard InChI is InChI=1S/C37H54N2O2/c1-34(2,3)26-14-24(32(40)28(18-26)36(7,8)9)20-38-30-16-23-13-22(30)17-31(23)39-21-25-15-27(35(4,5)6)19-29(33(25)41)37(10,11)12/h14-15,18-23,30-31,40-41H,13,16-17H2,1-12H3/t22-,23?,30+,31?/m0/s1. The lowest BCUT2D eigenvalue weighted by Gasteiger charge is -2.27. The smallest absolute Gasteiger partial charge is 0.128 e. The highest BCUT2D eigenvalue weighted by atomic mass is 16.3. The highest BCUT2D eigenvalue weighted by molar-refractivity contribution is 5.86. The molecule has 0 radical (unpaired) electrons. The second-order valence-corrected chi connectivity index (χ2v) is 16.8. The van der Waals surface area contributed by atoms with Gasteiger partial charge in [0.1, 0.15) is 11.5 Å². The molecular weight excluding hydrogens is 504 g/mol. The van der Waals surface area contributed by atoms with Crippen LogP contribution in [0.1, 0.15) is 136 Å². The van der Waals surface area contributed by atoms with Gasteiger partial charge in [0.25, 0.3) is 0 Å². The Morgan fingerprint density at radius 1 is 0.537 bits per heavy atom. The Morgan fingerprint density at radius 3 is 1.15 bits per heavy atom. The fourth-order valence-corrected chi connectivity index (χ4v) is 6.45. The van der Waals surface area contributed by atoms with Crippen LogP contribution in [0.5, 0.6) is 11.5 Å². The van der Waals surface area contributed by atoms with Gasteiger partial charge in [-0.2, -0.15) is 0 Å². The Kier molecular flexibility index (Phi) is 8.08. The van der Waals surface area contributed by atoms with Gasteiger partial charge in [0.05, 0.1) is 12.1 Å². The molecule has 2 fully saturated rings. The summed E-state index contributed by atoms with van der Waals surface area (Å²) < 4.78 is 0. The number of benzene rings is 2. The van der Waals surface area contributed by atoms with Gasteiger partial charge in [0.2, 0.25) is 0 Å². The summed E-state index contributed by atoms with van der Waals surface area (Å²) in [5.74, 6) is 1.72. The SMILES string of the molecule is CC(C)(C)c1cc(C=NC2C[C@@H]3CC2C[C@H]3N=Cc2cc(C(C)(C)C)cc(C(C)(C)C)c2O)c(O)c(C(C)(C)C)c1. The molecule has 2 aromatic carbocycles. The molecule has 2 bridgehead atoms. The van der Waals surface area contributed by atoms with Crippen LogP contribution in [0.2, 0.25) is 0 Å². The summed E-state index contributed by atoms with van der Waals surface area (Å²) in [5.41, 5.74) is 5.71. The zero-order chi connectivity index (χ0) is 30.7. The summed E-state index contributed by atoms with van der Waals surface area (Å²) in [6.45, 7) is 26.2. The quantitative estimate of drug-likeness (QED) is 0.368. The number of phenols is 2. The molecule has 41 heavy (non-hydrogen) atoms. The normalized spacial score (nSPS) is 23.8. The van der Waals surface area contributed by atoms with Crippen LogP contribution in [0, 0.1) is 11.8 Å². The first kappa shape index (κ1) is 31.3. The average Bonchev–Trinajstić information content (AvgIpc) is 3.40. The third-order valence-electron chi connectivity index (χ3n) is 9.22. The topological polar surface area (TPSA) is 65.2 Å². The largest absolute Gasteiger partial charge is 0.507 e. The van der Waals surface area contributed by atoms with E-state index in [9.17, 15) is 10.2 Å². The van der Waals surface area contributed by atoms with Crippen LogP contribution < -0.4 is 0 Å². The van der Waals surface area contributed by atoms with Crippen molar-refractivity contribution < 1.29 is 10.2 Å². The molecule has 4 nitrogen and oxygen atoms in total. The van der Waals surface area contributed by atoms with Crippen LogP contribution in [0.25, 0.3) is 0 Å². The molecule has 4 rings (SSSR count). The molecule has 0 spiro atoms. The van der Waals surface area contributed by atoms with E-state index in [1.165, 1.54) is 11.1 Å². The predicted molar refractivity (Wildman–Crippen MR) is 175 cm³/mol. The Hall–Kier alpha value is -2.62. The maximum Gasteiger partial charge on any atom is 0.128 e. The molecular formula is C37H54N2O2. The van der Waals surface area contributed by atoms with Crippen LogP contribution >= 0.6 is 0 Å². The van der Waals surface area contributed by atoms with Crippen LogP contribution in [0.15, 0.2) is 34.3 Å². The molecule has 2 aliphatic rings. The Balaban J connectivity index is 1.54. The molecule has 0 saturated heterocycles. The summed E-state index contributed by atoms with van der Waals surface area (Å²) in [6.07, 6.45) is 7.04. The number of aliphatic imine (C=N–C) groups is 2. The first-order valence-corrected chi connectivity index (χ1v) is 15.5. The van der Waals surface area contributed by atoms with Crippen LogP contribution in [-0.4, -0.2) is 34.7 Å². The predicted octanol–water partition coefficient (Wildman–Crippen LogP) is 8.99. The fourth-order valence-electron chi connectivity index (χ4n) is 6.45. The van der Waals surface area contributed by atoms with E-state index in [2.05, 4.69) is 107 Å². The second kappa shape index (κ2) is 10.6. The van der Waals surface area contributed by atoms with E-state index in [4.69, 9.17) is 9.98 Å². The van der Waals surface area contributed by atoms with Crippen LogP contribution in [0.3, 0.4) is 0 Å². The second-order valence-electron chi connectivity index (χ2n) is 16.8. The zero-order valence-corrected chi connectivity index (χ0v) is 27.7. The van der Waals surface area contributed by atoms with E-state index in [-0.39, 0.29) is 33.7 Å². The third kappa shape index (κ3) is 6.73. The van der Waals surface area contributed by atoms with Crippen molar-refractivity contribution in [2.45, 2.75) is 136 Å². The van der Waals surface area contributed by atoms with Gasteiger partial charge in [-0.15, -0.1) is 0 Å². The van der Waals surface area contributed by atoms with Gasteiger partial charge < -0.3 is 10.2 Å². The number of hydrogen-bond acceptors (Lipinski definition) is 4. The number of hydrogen-bond donors (Lipinski definition) is 2. The molecule has 4 atom stereocenters. The first-order chi connectivity index (χ1) is 18.7. The highest BCUT2D eigenvalue weighted by Gasteiger charge is 2.45. The minimum Gasteiger partial charge on any atom is -0.507 e. The van der Waals surface area contributed by atoms with Gasteiger partial charge in [-0.3, -0.25) is 9.98 Å². The van der Waals surface area contributed by atoms with Crippen molar-refractivity contribution in [1.29, 1.82) is 0 Å². The van der Waals surface area contributed by atoms with Crippen molar-refractivity contribution in [3.8, 4) is 11.5 Å². The van der Waals surface area contributed by atoms with E-state index in [0.29, 0.717) is 23.3 Å². The minimum atomic E-state index is -0.153. The summed E-state index contributed by atoms with van der Waals surface area (Å²) in [6, 6.07) is 9.08. The maximum absolute atomic E-state index is 11.2. The molecule has 2 unspecified atom stereocenters. The van der Waals surface area contributed by atoms with E-state index in [1.807, 2.05) is 12.4 Å². The Labute approximate surface area is 249 Å². The van der Waals surface area contributed by atoms with Crippen molar-refractivity contribution >= 4 is 12.4 Å². The fraction of sp³-hybridized carbons (Fsp3) is 0.622. The van der Waals surface area contributed by atoms with E-state index < -0.39 is 0 Å². The Bertz CT molecular complexity index is 1240. The monoisotopic (exact) mass is 558 g/mol. The number of rotatable bonds is 4.